The first-order chi connectivity index (χ1) is 20.0. The van der Waals surface area contributed by atoms with E-state index in [9.17, 15) is 38.5 Å². The van der Waals surface area contributed by atoms with Crippen LogP contribution in [0.4, 0.5) is 14.5 Å². The molecule has 0 saturated carbocycles. The smallest absolute Gasteiger partial charge is 0.394 e. The lowest BCUT2D eigenvalue weighted by Gasteiger charge is -2.49. The van der Waals surface area contributed by atoms with Gasteiger partial charge < -0.3 is 35.6 Å². The predicted octanol–water partition coefficient (Wildman–Crippen LogP) is 2.96. The summed E-state index contributed by atoms with van der Waals surface area (Å²) in [5, 5.41) is 34.8. The zero-order chi connectivity index (χ0) is 31.8. The number of likely N-dealkylation sites (N-methyl/N-ethyl adjacent to an activating group) is 1. The maximum Gasteiger partial charge on any atom is 0.394 e. The minimum absolute atomic E-state index is 0.0990. The number of amides is 1. The Labute approximate surface area is 246 Å². The van der Waals surface area contributed by atoms with Gasteiger partial charge in [0, 0.05) is 49.8 Å². The molecule has 1 amide bonds. The summed E-state index contributed by atoms with van der Waals surface area (Å²) < 4.78 is 31.2. The summed E-state index contributed by atoms with van der Waals surface area (Å²) in [7, 11) is 6.93. The van der Waals surface area contributed by atoms with E-state index in [1.807, 2.05) is 0 Å². The van der Waals surface area contributed by atoms with E-state index >= 15 is 0 Å². The molecule has 3 aliphatic rings. The number of allylic oxidation sites excluding steroid dienone is 1. The zero-order valence-corrected chi connectivity index (χ0v) is 24.3. The SMILES string of the molecule is CN(C)c1cc(-c2ccc(OC(C)(F)F)cc2)c(O)c2c1C[C@H]1C[C@H]3C(N(C)C)C=C(C(N)=O)C(=O)[C@@]3(O)C(O)=C1C2=O. The molecular weight excluding hydrogens is 564 g/mol. The van der Waals surface area contributed by atoms with Crippen LogP contribution in [0.25, 0.3) is 11.1 Å². The second-order valence-corrected chi connectivity index (χ2v) is 11.8. The third-order valence-corrected chi connectivity index (χ3v) is 8.55. The van der Waals surface area contributed by atoms with Crippen molar-refractivity contribution >= 4 is 23.2 Å². The number of hydrogen-bond acceptors (Lipinski definition) is 9. The molecule has 0 heterocycles. The van der Waals surface area contributed by atoms with Crippen molar-refractivity contribution in [1.29, 1.82) is 0 Å². The monoisotopic (exact) mass is 597 g/mol. The molecule has 0 bridgehead atoms. The molecule has 10 nitrogen and oxygen atoms in total. The number of aromatic hydroxyl groups is 1. The first-order valence-corrected chi connectivity index (χ1v) is 13.6. The number of nitrogens with zero attached hydrogens (tertiary/aromatic N) is 2. The van der Waals surface area contributed by atoms with Crippen LogP contribution in [0.2, 0.25) is 0 Å². The Balaban J connectivity index is 1.67. The van der Waals surface area contributed by atoms with Crippen molar-refractivity contribution in [2.75, 3.05) is 33.1 Å². The average molecular weight is 598 g/mol. The topological polar surface area (TPSA) is 154 Å². The summed E-state index contributed by atoms with van der Waals surface area (Å²) in [5.41, 5.74) is 3.81. The maximum absolute atomic E-state index is 14.2. The van der Waals surface area contributed by atoms with Crippen LogP contribution in [0, 0.1) is 11.8 Å². The molecule has 228 valence electrons. The van der Waals surface area contributed by atoms with Gasteiger partial charge in [0.05, 0.1) is 11.1 Å². The van der Waals surface area contributed by atoms with Gasteiger partial charge in [-0.15, -0.1) is 0 Å². The van der Waals surface area contributed by atoms with E-state index in [1.165, 1.54) is 30.3 Å². The van der Waals surface area contributed by atoms with Crippen molar-refractivity contribution in [3.05, 3.63) is 64.4 Å². The fourth-order valence-corrected chi connectivity index (χ4v) is 6.64. The molecule has 0 aromatic heterocycles. The number of benzene rings is 2. The number of rotatable bonds is 6. The van der Waals surface area contributed by atoms with Crippen LogP contribution >= 0.6 is 0 Å². The molecule has 0 fully saturated rings. The number of fused-ring (bicyclic) bond motifs is 3. The molecule has 2 aromatic carbocycles. The predicted molar refractivity (Wildman–Crippen MR) is 153 cm³/mol. The Morgan fingerprint density at radius 3 is 2.28 bits per heavy atom. The van der Waals surface area contributed by atoms with Gasteiger partial charge in [-0.1, -0.05) is 18.2 Å². The Kier molecular flexibility index (Phi) is 7.13. The fraction of sp³-hybridized carbons (Fsp3) is 0.387. The van der Waals surface area contributed by atoms with E-state index in [2.05, 4.69) is 4.74 Å². The van der Waals surface area contributed by atoms with Crippen LogP contribution in [0.1, 0.15) is 29.3 Å². The highest BCUT2D eigenvalue weighted by molar-refractivity contribution is 6.24. The molecule has 0 saturated heterocycles. The molecular formula is C31H33F2N3O7. The number of Topliss-reactive ketones (excluding diaryl/α,β-unsaturated/α-hetero) is 2. The number of aliphatic hydroxyl groups excluding tert-OH is 1. The quantitative estimate of drug-likeness (QED) is 0.368. The van der Waals surface area contributed by atoms with E-state index in [0.29, 0.717) is 23.7 Å². The maximum atomic E-state index is 14.2. The first kappa shape index (κ1) is 30.2. The molecule has 0 aliphatic heterocycles. The first-order valence-electron chi connectivity index (χ1n) is 13.6. The number of ketones is 2. The third kappa shape index (κ3) is 4.74. The lowest BCUT2D eigenvalue weighted by Crippen LogP contribution is -2.62. The molecule has 1 unspecified atom stereocenters. The Bertz CT molecular complexity index is 1610. The number of aliphatic hydroxyl groups is 2. The fourth-order valence-electron chi connectivity index (χ4n) is 6.64. The third-order valence-electron chi connectivity index (χ3n) is 8.55. The number of ether oxygens (including phenoxy) is 1. The number of nitrogens with two attached hydrogens (primary N) is 1. The summed E-state index contributed by atoms with van der Waals surface area (Å²) in [6.07, 6.45) is -1.68. The van der Waals surface area contributed by atoms with Crippen LogP contribution in [0.15, 0.2) is 53.3 Å². The molecule has 3 aliphatic carbocycles. The molecule has 5 N–H and O–H groups in total. The van der Waals surface area contributed by atoms with Crippen LogP contribution in [-0.4, -0.2) is 83.6 Å². The highest BCUT2D eigenvalue weighted by Gasteiger charge is 2.61. The van der Waals surface area contributed by atoms with Crippen LogP contribution in [0.5, 0.6) is 11.5 Å². The van der Waals surface area contributed by atoms with E-state index in [1.54, 1.807) is 44.1 Å². The van der Waals surface area contributed by atoms with E-state index in [4.69, 9.17) is 5.73 Å². The van der Waals surface area contributed by atoms with Gasteiger partial charge in [-0.3, -0.25) is 14.4 Å². The van der Waals surface area contributed by atoms with Crippen LogP contribution < -0.4 is 15.4 Å². The molecule has 2 aromatic rings. The number of carbonyl (C=O) groups is 3. The van der Waals surface area contributed by atoms with Crippen molar-refractivity contribution in [1.82, 2.24) is 4.90 Å². The van der Waals surface area contributed by atoms with Gasteiger partial charge in [-0.05, 0) is 62.2 Å². The number of carbonyl (C=O) groups excluding carboxylic acids is 3. The van der Waals surface area contributed by atoms with Gasteiger partial charge in [0.25, 0.3) is 5.91 Å². The average Bonchev–Trinajstić information content (AvgIpc) is 2.90. The lowest BCUT2D eigenvalue weighted by atomic mass is 9.59. The van der Waals surface area contributed by atoms with E-state index < -0.39 is 64.1 Å². The highest BCUT2D eigenvalue weighted by atomic mass is 19.3. The minimum Gasteiger partial charge on any atom is -0.508 e. The molecule has 0 spiro atoms. The van der Waals surface area contributed by atoms with Gasteiger partial charge in [-0.2, -0.15) is 8.78 Å². The van der Waals surface area contributed by atoms with Crippen molar-refractivity contribution < 1.29 is 43.2 Å². The number of hydrogen-bond donors (Lipinski definition) is 4. The minimum atomic E-state index is -3.39. The van der Waals surface area contributed by atoms with Gasteiger partial charge >= 0.3 is 6.11 Å². The van der Waals surface area contributed by atoms with Crippen LogP contribution in [0.3, 0.4) is 0 Å². The largest absolute Gasteiger partial charge is 0.508 e. The van der Waals surface area contributed by atoms with Crippen molar-refractivity contribution in [3.63, 3.8) is 0 Å². The van der Waals surface area contributed by atoms with Crippen molar-refractivity contribution in [2.24, 2.45) is 17.6 Å². The van der Waals surface area contributed by atoms with Gasteiger partial charge in [0.2, 0.25) is 5.78 Å². The number of halogens is 2. The highest BCUT2D eigenvalue weighted by Crippen LogP contribution is 2.53. The standard InChI is InChI=1S/C31H33F2N3O7/c1-30(32,33)43-16-8-6-14(7-9-16)17-12-21(35(2)3)18-10-15-11-20-22(36(4)5)13-19(29(34)41)27(39)31(20,42)28(40)23(15)26(38)24(18)25(17)37/h6-9,12-13,15,20,22,37,40,42H,10-11H2,1-5H3,(H2,34,41)/t15-,20-,22?,31+/m0/s1. The summed E-state index contributed by atoms with van der Waals surface area (Å²) in [4.78, 5) is 43.2. The van der Waals surface area contributed by atoms with E-state index in [-0.39, 0.29) is 35.3 Å². The van der Waals surface area contributed by atoms with Crippen LogP contribution in [-0.2, 0) is 16.0 Å². The number of primary amides is 1. The molecule has 4 atom stereocenters. The van der Waals surface area contributed by atoms with Crippen molar-refractivity contribution in [3.8, 4) is 22.6 Å². The van der Waals surface area contributed by atoms with E-state index in [0.717, 1.165) is 0 Å². The number of anilines is 1. The van der Waals surface area contributed by atoms with Crippen molar-refractivity contribution in [2.45, 2.75) is 37.5 Å². The Morgan fingerprint density at radius 2 is 1.74 bits per heavy atom. The van der Waals surface area contributed by atoms with Gasteiger partial charge in [0.15, 0.2) is 11.4 Å². The summed E-state index contributed by atoms with van der Waals surface area (Å²) in [5.74, 6) is -5.80. The van der Waals surface area contributed by atoms with Gasteiger partial charge in [0.1, 0.15) is 17.3 Å². The molecule has 12 heteroatoms. The number of alkyl halides is 2. The second-order valence-electron chi connectivity index (χ2n) is 11.8. The summed E-state index contributed by atoms with van der Waals surface area (Å²) >= 11 is 0. The molecule has 0 radical (unpaired) electrons. The number of phenolic OH excluding ortho intramolecular Hbond substituents is 1. The Hall–Kier alpha value is -4.29. The Morgan fingerprint density at radius 1 is 1.12 bits per heavy atom. The van der Waals surface area contributed by atoms with Gasteiger partial charge in [-0.25, -0.2) is 0 Å². The summed E-state index contributed by atoms with van der Waals surface area (Å²) in [6.45, 7) is 0.610. The normalized spacial score (nSPS) is 25.1. The lowest BCUT2D eigenvalue weighted by molar-refractivity contribution is -0.159. The summed E-state index contributed by atoms with van der Waals surface area (Å²) in [6, 6.07) is 6.57. The number of phenols is 1. The molecule has 5 rings (SSSR count). The molecule has 43 heavy (non-hydrogen) atoms. The zero-order valence-electron chi connectivity index (χ0n) is 24.3. The second kappa shape index (κ2) is 10.2.